The molecule has 1 amide bonds. The van der Waals surface area contributed by atoms with Gasteiger partial charge in [0.25, 0.3) is 5.56 Å². The van der Waals surface area contributed by atoms with E-state index in [1.165, 1.54) is 19.3 Å². The maximum Gasteiger partial charge on any atom is 0.265 e. The number of fused-ring (bicyclic) bond motifs is 1. The van der Waals surface area contributed by atoms with E-state index in [4.69, 9.17) is 0 Å². The average Bonchev–Trinajstić information content (AvgIpc) is 2.79. The first kappa shape index (κ1) is 21.3. The van der Waals surface area contributed by atoms with Gasteiger partial charge in [-0.25, -0.2) is 4.98 Å². The molecule has 1 aromatic heterocycles. The number of unbranched alkanes of at least 4 members (excludes halogenated alkanes) is 1. The molecule has 2 aromatic carbocycles. The maximum absolute atomic E-state index is 13.0. The Balaban J connectivity index is 1.44. The first-order valence-corrected chi connectivity index (χ1v) is 11.5. The summed E-state index contributed by atoms with van der Waals surface area (Å²) in [7, 11) is 0. The van der Waals surface area contributed by atoms with Crippen molar-refractivity contribution < 1.29 is 4.79 Å². The summed E-state index contributed by atoms with van der Waals surface area (Å²) < 4.78 is 1.62. The van der Waals surface area contributed by atoms with Crippen LogP contribution in [0, 0.1) is 18.8 Å². The first-order chi connectivity index (χ1) is 15.1. The number of anilines is 1. The highest BCUT2D eigenvalue weighted by atomic mass is 16.2. The largest absolute Gasteiger partial charge is 0.326 e. The lowest BCUT2D eigenvalue weighted by atomic mass is 9.79. The highest BCUT2D eigenvalue weighted by molar-refractivity contribution is 5.92. The fourth-order valence-corrected chi connectivity index (χ4v) is 4.69. The Kier molecular flexibility index (Phi) is 6.50. The van der Waals surface area contributed by atoms with E-state index in [1.54, 1.807) is 10.6 Å². The fraction of sp³-hybridized carbons (Fsp3) is 0.423. The summed E-state index contributed by atoms with van der Waals surface area (Å²) >= 11 is 0. The van der Waals surface area contributed by atoms with Gasteiger partial charge in [-0.3, -0.25) is 14.2 Å². The molecular formula is C26H31N3O2. The van der Waals surface area contributed by atoms with Crippen LogP contribution in [-0.4, -0.2) is 15.5 Å². The molecule has 1 aliphatic rings. The molecule has 4 rings (SSSR count). The van der Waals surface area contributed by atoms with Gasteiger partial charge >= 0.3 is 0 Å². The minimum atomic E-state index is -0.0836. The van der Waals surface area contributed by atoms with E-state index in [0.717, 1.165) is 43.0 Å². The number of carbonyl (C=O) groups excluding carboxylic acids is 1. The van der Waals surface area contributed by atoms with Gasteiger partial charge in [0.05, 0.1) is 16.6 Å². The van der Waals surface area contributed by atoms with Gasteiger partial charge in [-0.2, -0.15) is 0 Å². The van der Waals surface area contributed by atoms with E-state index in [2.05, 4.69) is 17.2 Å². The number of benzene rings is 2. The third kappa shape index (κ3) is 4.71. The van der Waals surface area contributed by atoms with E-state index in [9.17, 15) is 9.59 Å². The van der Waals surface area contributed by atoms with Crippen molar-refractivity contribution in [1.82, 2.24) is 9.55 Å². The third-order valence-electron chi connectivity index (χ3n) is 6.52. The second kappa shape index (κ2) is 9.46. The molecule has 0 aliphatic heterocycles. The van der Waals surface area contributed by atoms with E-state index in [1.807, 2.05) is 49.4 Å². The molecule has 162 valence electrons. The Morgan fingerprint density at radius 1 is 1.06 bits per heavy atom. The quantitative estimate of drug-likeness (QED) is 0.565. The Hall–Kier alpha value is -2.95. The van der Waals surface area contributed by atoms with E-state index in [-0.39, 0.29) is 17.4 Å². The van der Waals surface area contributed by atoms with Crippen LogP contribution in [0.15, 0.2) is 53.3 Å². The molecule has 0 radical (unpaired) electrons. The highest BCUT2D eigenvalue weighted by Gasteiger charge is 2.26. The standard InChI is InChI=1S/C26H31N3O2/c1-3-4-7-19-10-12-20(13-11-19)25(30)28-21-14-16-22(17-15-21)29-18(2)27-24-9-6-5-8-23(24)26(29)31/h5-6,8-9,14-17,19-20H,3-4,7,10-13H2,1-2H3,(H,28,30). The van der Waals surface area contributed by atoms with Crippen molar-refractivity contribution in [1.29, 1.82) is 0 Å². The van der Waals surface area contributed by atoms with Crippen LogP contribution in [0.2, 0.25) is 0 Å². The van der Waals surface area contributed by atoms with Crippen LogP contribution in [0.3, 0.4) is 0 Å². The van der Waals surface area contributed by atoms with Crippen molar-refractivity contribution in [3.63, 3.8) is 0 Å². The Morgan fingerprint density at radius 2 is 1.77 bits per heavy atom. The van der Waals surface area contributed by atoms with E-state index >= 15 is 0 Å². The van der Waals surface area contributed by atoms with Crippen LogP contribution in [-0.2, 0) is 4.79 Å². The number of rotatable bonds is 6. The lowest BCUT2D eigenvalue weighted by Crippen LogP contribution is -2.27. The fourth-order valence-electron chi connectivity index (χ4n) is 4.69. The second-order valence-electron chi connectivity index (χ2n) is 8.71. The molecule has 5 nitrogen and oxygen atoms in total. The van der Waals surface area contributed by atoms with Gasteiger partial charge in [-0.1, -0.05) is 38.3 Å². The molecule has 1 saturated carbocycles. The molecule has 31 heavy (non-hydrogen) atoms. The minimum Gasteiger partial charge on any atom is -0.326 e. The maximum atomic E-state index is 13.0. The molecule has 0 saturated heterocycles. The Bertz CT molecular complexity index is 1110. The van der Waals surface area contributed by atoms with Gasteiger partial charge in [0.15, 0.2) is 0 Å². The minimum absolute atomic E-state index is 0.0836. The monoisotopic (exact) mass is 417 g/mol. The lowest BCUT2D eigenvalue weighted by molar-refractivity contribution is -0.121. The van der Waals surface area contributed by atoms with Crippen molar-refractivity contribution in [2.75, 3.05) is 5.32 Å². The summed E-state index contributed by atoms with van der Waals surface area (Å²) in [6.45, 7) is 4.07. The number of nitrogens with zero attached hydrogens (tertiary/aromatic N) is 2. The smallest absolute Gasteiger partial charge is 0.265 e. The van der Waals surface area contributed by atoms with Gasteiger partial charge in [0.1, 0.15) is 5.82 Å². The summed E-state index contributed by atoms with van der Waals surface area (Å²) in [6, 6.07) is 14.8. The first-order valence-electron chi connectivity index (χ1n) is 11.5. The van der Waals surface area contributed by atoms with Crippen molar-refractivity contribution in [2.45, 2.75) is 58.8 Å². The van der Waals surface area contributed by atoms with Gasteiger partial charge in [-0.05, 0) is 74.9 Å². The zero-order chi connectivity index (χ0) is 21.8. The van der Waals surface area contributed by atoms with Gasteiger partial charge in [0, 0.05) is 11.6 Å². The lowest BCUT2D eigenvalue weighted by Gasteiger charge is -2.27. The van der Waals surface area contributed by atoms with E-state index < -0.39 is 0 Å². The van der Waals surface area contributed by atoms with Crippen molar-refractivity contribution >= 4 is 22.5 Å². The predicted octanol–water partition coefficient (Wildman–Crippen LogP) is 5.63. The predicted molar refractivity (Wildman–Crippen MR) is 126 cm³/mol. The van der Waals surface area contributed by atoms with Crippen molar-refractivity contribution in [3.05, 3.63) is 64.7 Å². The summed E-state index contributed by atoms with van der Waals surface area (Å²) in [5.74, 6) is 1.65. The summed E-state index contributed by atoms with van der Waals surface area (Å²) in [5.41, 5.74) is 2.13. The zero-order valence-corrected chi connectivity index (χ0v) is 18.4. The van der Waals surface area contributed by atoms with Crippen LogP contribution in [0.5, 0.6) is 0 Å². The summed E-state index contributed by atoms with van der Waals surface area (Å²) in [6.07, 6.45) is 8.13. The molecule has 3 aromatic rings. The third-order valence-corrected chi connectivity index (χ3v) is 6.52. The average molecular weight is 418 g/mol. The van der Waals surface area contributed by atoms with Crippen LogP contribution >= 0.6 is 0 Å². The molecule has 5 heteroatoms. The molecule has 0 unspecified atom stereocenters. The van der Waals surface area contributed by atoms with Crippen LogP contribution in [0.25, 0.3) is 16.6 Å². The van der Waals surface area contributed by atoms with Gasteiger partial charge in [-0.15, -0.1) is 0 Å². The Morgan fingerprint density at radius 3 is 2.48 bits per heavy atom. The number of aryl methyl sites for hydroxylation is 1. The van der Waals surface area contributed by atoms with Crippen LogP contribution < -0.4 is 10.9 Å². The van der Waals surface area contributed by atoms with E-state index in [0.29, 0.717) is 16.7 Å². The topological polar surface area (TPSA) is 64.0 Å². The number of amides is 1. The summed E-state index contributed by atoms with van der Waals surface area (Å²) in [4.78, 5) is 30.2. The molecule has 1 N–H and O–H groups in total. The number of nitrogens with one attached hydrogen (secondary N) is 1. The normalized spacial score (nSPS) is 18.8. The molecule has 1 heterocycles. The Labute approximate surface area is 183 Å². The number of hydrogen-bond donors (Lipinski definition) is 1. The number of aromatic nitrogens is 2. The molecule has 0 bridgehead atoms. The molecule has 1 fully saturated rings. The van der Waals surface area contributed by atoms with Crippen molar-refractivity contribution in [2.24, 2.45) is 11.8 Å². The number of carbonyl (C=O) groups is 1. The van der Waals surface area contributed by atoms with Crippen LogP contribution in [0.1, 0.15) is 57.7 Å². The summed E-state index contributed by atoms with van der Waals surface area (Å²) in [5, 5.41) is 3.66. The molecule has 0 atom stereocenters. The zero-order valence-electron chi connectivity index (χ0n) is 18.4. The second-order valence-corrected chi connectivity index (χ2v) is 8.71. The SMILES string of the molecule is CCCCC1CCC(C(=O)Nc2ccc(-n3c(C)nc4ccccc4c3=O)cc2)CC1. The molecular weight excluding hydrogens is 386 g/mol. The van der Waals surface area contributed by atoms with Gasteiger partial charge < -0.3 is 5.32 Å². The van der Waals surface area contributed by atoms with Crippen molar-refractivity contribution in [3.8, 4) is 5.69 Å². The number of para-hydroxylation sites is 1. The number of hydrogen-bond acceptors (Lipinski definition) is 3. The van der Waals surface area contributed by atoms with Crippen LogP contribution in [0.4, 0.5) is 5.69 Å². The van der Waals surface area contributed by atoms with Gasteiger partial charge in [0.2, 0.25) is 5.91 Å². The highest BCUT2D eigenvalue weighted by Crippen LogP contribution is 2.32. The molecule has 0 spiro atoms. The molecule has 1 aliphatic carbocycles.